The van der Waals surface area contributed by atoms with E-state index in [1.807, 2.05) is 23.1 Å². The SMILES string of the molecule is COc1cccc(N2CCN(C(=O)C3(N)CCCC3)CC2)c1. The Morgan fingerprint density at radius 3 is 2.50 bits per heavy atom. The molecule has 1 heterocycles. The number of carbonyl (C=O) groups excluding carboxylic acids is 1. The first-order valence-electron chi connectivity index (χ1n) is 8.10. The van der Waals surface area contributed by atoms with Crippen LogP contribution in [0.15, 0.2) is 24.3 Å². The molecular weight excluding hydrogens is 278 g/mol. The largest absolute Gasteiger partial charge is 0.497 e. The van der Waals surface area contributed by atoms with Gasteiger partial charge in [-0.3, -0.25) is 4.79 Å². The van der Waals surface area contributed by atoms with Gasteiger partial charge in [0.1, 0.15) is 5.75 Å². The van der Waals surface area contributed by atoms with Crippen LogP contribution in [0.4, 0.5) is 5.69 Å². The zero-order chi connectivity index (χ0) is 15.6. The second kappa shape index (κ2) is 6.16. The molecule has 1 aromatic carbocycles. The van der Waals surface area contributed by atoms with Gasteiger partial charge in [-0.05, 0) is 25.0 Å². The van der Waals surface area contributed by atoms with E-state index >= 15 is 0 Å². The highest BCUT2D eigenvalue weighted by Gasteiger charge is 2.40. The number of methoxy groups -OCH3 is 1. The highest BCUT2D eigenvalue weighted by atomic mass is 16.5. The fraction of sp³-hybridized carbons (Fsp3) is 0.588. The van der Waals surface area contributed by atoms with Crippen molar-refractivity contribution in [2.75, 3.05) is 38.2 Å². The van der Waals surface area contributed by atoms with Crippen molar-refractivity contribution in [2.45, 2.75) is 31.2 Å². The Balaban J connectivity index is 1.61. The van der Waals surface area contributed by atoms with Crippen LogP contribution < -0.4 is 15.4 Å². The molecule has 1 aromatic rings. The van der Waals surface area contributed by atoms with Crippen molar-refractivity contribution >= 4 is 11.6 Å². The van der Waals surface area contributed by atoms with Crippen LogP contribution in [0.2, 0.25) is 0 Å². The molecule has 1 saturated heterocycles. The molecule has 0 aromatic heterocycles. The van der Waals surface area contributed by atoms with Gasteiger partial charge < -0.3 is 20.3 Å². The summed E-state index contributed by atoms with van der Waals surface area (Å²) in [5.41, 5.74) is 6.84. The summed E-state index contributed by atoms with van der Waals surface area (Å²) in [5.74, 6) is 1.01. The number of benzene rings is 1. The van der Waals surface area contributed by atoms with Crippen molar-refractivity contribution in [3.63, 3.8) is 0 Å². The Bertz CT molecular complexity index is 532. The summed E-state index contributed by atoms with van der Waals surface area (Å²) in [6.07, 6.45) is 3.82. The van der Waals surface area contributed by atoms with Gasteiger partial charge in [-0.2, -0.15) is 0 Å². The van der Waals surface area contributed by atoms with Crippen molar-refractivity contribution in [1.29, 1.82) is 0 Å². The predicted molar refractivity (Wildman–Crippen MR) is 87.2 cm³/mol. The highest BCUT2D eigenvalue weighted by molar-refractivity contribution is 5.86. The Morgan fingerprint density at radius 2 is 1.86 bits per heavy atom. The Morgan fingerprint density at radius 1 is 1.18 bits per heavy atom. The molecule has 1 amide bonds. The molecule has 2 aliphatic rings. The van der Waals surface area contributed by atoms with E-state index < -0.39 is 5.54 Å². The van der Waals surface area contributed by atoms with E-state index in [0.717, 1.165) is 63.3 Å². The minimum absolute atomic E-state index is 0.148. The van der Waals surface area contributed by atoms with Crippen molar-refractivity contribution in [1.82, 2.24) is 4.90 Å². The molecule has 120 valence electrons. The number of amides is 1. The van der Waals surface area contributed by atoms with E-state index in [0.29, 0.717) is 0 Å². The third-order valence-corrected chi connectivity index (χ3v) is 4.91. The normalized spacial score (nSPS) is 21.0. The molecule has 0 radical (unpaired) electrons. The molecule has 3 rings (SSSR count). The second-order valence-corrected chi connectivity index (χ2v) is 6.34. The average Bonchev–Trinajstić information content (AvgIpc) is 3.02. The number of carbonyl (C=O) groups is 1. The van der Waals surface area contributed by atoms with E-state index in [-0.39, 0.29) is 5.91 Å². The van der Waals surface area contributed by atoms with Crippen molar-refractivity contribution in [2.24, 2.45) is 5.73 Å². The Labute approximate surface area is 132 Å². The highest BCUT2D eigenvalue weighted by Crippen LogP contribution is 2.30. The molecule has 0 unspecified atom stereocenters. The van der Waals surface area contributed by atoms with Crippen molar-refractivity contribution < 1.29 is 9.53 Å². The molecule has 0 bridgehead atoms. The maximum absolute atomic E-state index is 12.6. The molecule has 1 aliphatic heterocycles. The number of rotatable bonds is 3. The zero-order valence-corrected chi connectivity index (χ0v) is 13.3. The number of hydrogen-bond donors (Lipinski definition) is 1. The van der Waals surface area contributed by atoms with Gasteiger partial charge in [0.2, 0.25) is 5.91 Å². The van der Waals surface area contributed by atoms with Crippen LogP contribution in [0.25, 0.3) is 0 Å². The number of hydrogen-bond acceptors (Lipinski definition) is 4. The minimum Gasteiger partial charge on any atom is -0.497 e. The summed E-state index contributed by atoms with van der Waals surface area (Å²) in [6, 6.07) is 8.07. The Kier molecular flexibility index (Phi) is 4.25. The average molecular weight is 303 g/mol. The van der Waals surface area contributed by atoms with Crippen molar-refractivity contribution in [3.8, 4) is 5.75 Å². The number of nitrogens with two attached hydrogens (primary N) is 1. The van der Waals surface area contributed by atoms with Crippen LogP contribution in [0.1, 0.15) is 25.7 Å². The molecule has 0 spiro atoms. The minimum atomic E-state index is -0.599. The van der Waals surface area contributed by atoms with Crippen LogP contribution in [-0.2, 0) is 4.79 Å². The molecule has 2 fully saturated rings. The summed E-state index contributed by atoms with van der Waals surface area (Å²) in [5, 5.41) is 0. The van der Waals surface area contributed by atoms with Crippen LogP contribution >= 0.6 is 0 Å². The molecular formula is C17H25N3O2. The lowest BCUT2D eigenvalue weighted by Crippen LogP contribution is -2.58. The van der Waals surface area contributed by atoms with E-state index in [9.17, 15) is 4.79 Å². The van der Waals surface area contributed by atoms with Gasteiger partial charge in [0, 0.05) is 37.9 Å². The van der Waals surface area contributed by atoms with Crippen LogP contribution in [0.3, 0.4) is 0 Å². The van der Waals surface area contributed by atoms with Gasteiger partial charge in [-0.15, -0.1) is 0 Å². The summed E-state index contributed by atoms with van der Waals surface area (Å²) < 4.78 is 5.28. The molecule has 5 nitrogen and oxygen atoms in total. The lowest BCUT2D eigenvalue weighted by molar-refractivity contribution is -0.137. The van der Waals surface area contributed by atoms with E-state index in [2.05, 4.69) is 11.0 Å². The van der Waals surface area contributed by atoms with Gasteiger partial charge in [-0.25, -0.2) is 0 Å². The fourth-order valence-electron chi connectivity index (χ4n) is 3.51. The first kappa shape index (κ1) is 15.2. The summed E-state index contributed by atoms with van der Waals surface area (Å²) in [6.45, 7) is 3.17. The van der Waals surface area contributed by atoms with Crippen LogP contribution in [-0.4, -0.2) is 49.6 Å². The smallest absolute Gasteiger partial charge is 0.242 e. The lowest BCUT2D eigenvalue weighted by Gasteiger charge is -2.39. The predicted octanol–water partition coefficient (Wildman–Crippen LogP) is 1.62. The van der Waals surface area contributed by atoms with Gasteiger partial charge >= 0.3 is 0 Å². The quantitative estimate of drug-likeness (QED) is 0.922. The first-order chi connectivity index (χ1) is 10.6. The maximum Gasteiger partial charge on any atom is 0.242 e. The van der Waals surface area contributed by atoms with E-state index in [1.54, 1.807) is 7.11 Å². The molecule has 22 heavy (non-hydrogen) atoms. The second-order valence-electron chi connectivity index (χ2n) is 6.34. The number of nitrogens with zero attached hydrogens (tertiary/aromatic N) is 2. The molecule has 1 aliphatic carbocycles. The first-order valence-corrected chi connectivity index (χ1v) is 8.10. The molecule has 5 heteroatoms. The number of piperazine rings is 1. The van der Waals surface area contributed by atoms with Gasteiger partial charge in [0.25, 0.3) is 0 Å². The summed E-state index contributed by atoms with van der Waals surface area (Å²) in [7, 11) is 1.68. The topological polar surface area (TPSA) is 58.8 Å². The molecule has 0 atom stereocenters. The lowest BCUT2D eigenvalue weighted by atomic mass is 9.97. The maximum atomic E-state index is 12.6. The number of ether oxygens (including phenoxy) is 1. The van der Waals surface area contributed by atoms with E-state index in [4.69, 9.17) is 10.5 Å². The molecule has 1 saturated carbocycles. The van der Waals surface area contributed by atoms with Gasteiger partial charge in [-0.1, -0.05) is 18.9 Å². The van der Waals surface area contributed by atoms with Crippen LogP contribution in [0.5, 0.6) is 5.75 Å². The zero-order valence-electron chi connectivity index (χ0n) is 13.3. The fourth-order valence-corrected chi connectivity index (χ4v) is 3.51. The van der Waals surface area contributed by atoms with E-state index in [1.165, 1.54) is 0 Å². The van der Waals surface area contributed by atoms with Gasteiger partial charge in [0.15, 0.2) is 0 Å². The van der Waals surface area contributed by atoms with Gasteiger partial charge in [0.05, 0.1) is 12.6 Å². The standard InChI is InChI=1S/C17H25N3O2/c1-22-15-6-4-5-14(13-15)19-9-11-20(12-10-19)16(21)17(18)7-2-3-8-17/h4-6,13H,2-3,7-12,18H2,1H3. The third-order valence-electron chi connectivity index (χ3n) is 4.91. The third kappa shape index (κ3) is 2.90. The monoisotopic (exact) mass is 303 g/mol. The number of anilines is 1. The Hall–Kier alpha value is -1.75. The summed E-state index contributed by atoms with van der Waals surface area (Å²) >= 11 is 0. The molecule has 2 N–H and O–H groups in total. The van der Waals surface area contributed by atoms with Crippen LogP contribution in [0, 0.1) is 0 Å². The summed E-state index contributed by atoms with van der Waals surface area (Å²) in [4.78, 5) is 16.9. The van der Waals surface area contributed by atoms with Crippen molar-refractivity contribution in [3.05, 3.63) is 24.3 Å².